The predicted molar refractivity (Wildman–Crippen MR) is 66.6 cm³/mol. The van der Waals surface area contributed by atoms with Gasteiger partial charge in [0.1, 0.15) is 0 Å². The first-order chi connectivity index (χ1) is 8.16. The van der Waals surface area contributed by atoms with E-state index in [-0.39, 0.29) is 0 Å². The Balaban J connectivity index is 1.86. The molecule has 2 rings (SSSR count). The second-order valence-electron chi connectivity index (χ2n) is 4.42. The van der Waals surface area contributed by atoms with Crippen molar-refractivity contribution in [3.05, 3.63) is 35.4 Å². The number of nitrogens with zero attached hydrogens (tertiary/aromatic N) is 3. The largest absolute Gasteiger partial charge is 0.308 e. The topological polar surface area (TPSA) is 58.5 Å². The Morgan fingerprint density at radius 3 is 2.88 bits per heavy atom. The molecule has 0 aliphatic heterocycles. The molecule has 2 heterocycles. The highest BCUT2D eigenvalue weighted by Gasteiger charge is 2.08. The standard InChI is InChI=1S/C12H19N5/c1-9(8-17-6-4-5-14-17)13-7-12-10(2)15-16-11(12)3/h4-6,9,13H,7-8H2,1-3H3,(H,15,16). The zero-order chi connectivity index (χ0) is 12.3. The zero-order valence-corrected chi connectivity index (χ0v) is 10.6. The van der Waals surface area contributed by atoms with Gasteiger partial charge in [-0.2, -0.15) is 10.2 Å². The summed E-state index contributed by atoms with van der Waals surface area (Å²) in [4.78, 5) is 0. The lowest BCUT2D eigenvalue weighted by Crippen LogP contribution is -2.30. The van der Waals surface area contributed by atoms with Crippen molar-refractivity contribution in [2.24, 2.45) is 0 Å². The molecular weight excluding hydrogens is 214 g/mol. The first-order valence-electron chi connectivity index (χ1n) is 5.88. The molecule has 0 saturated heterocycles. The molecule has 0 aliphatic carbocycles. The van der Waals surface area contributed by atoms with Crippen LogP contribution in [0, 0.1) is 13.8 Å². The normalized spacial score (nSPS) is 12.9. The minimum atomic E-state index is 0.378. The third-order valence-corrected chi connectivity index (χ3v) is 2.93. The van der Waals surface area contributed by atoms with E-state index in [1.807, 2.05) is 23.9 Å². The molecule has 0 aromatic carbocycles. The molecule has 0 bridgehead atoms. The summed E-state index contributed by atoms with van der Waals surface area (Å²) in [6.07, 6.45) is 3.78. The first kappa shape index (κ1) is 11.9. The Kier molecular flexibility index (Phi) is 3.58. The average Bonchev–Trinajstić information content (AvgIpc) is 2.88. The number of aryl methyl sites for hydroxylation is 2. The second kappa shape index (κ2) is 5.14. The third kappa shape index (κ3) is 2.94. The fourth-order valence-electron chi connectivity index (χ4n) is 1.86. The minimum absolute atomic E-state index is 0.378. The second-order valence-corrected chi connectivity index (χ2v) is 4.42. The maximum Gasteiger partial charge on any atom is 0.0638 e. The molecule has 1 atom stereocenters. The summed E-state index contributed by atoms with van der Waals surface area (Å²) in [7, 11) is 0. The monoisotopic (exact) mass is 233 g/mol. The van der Waals surface area contributed by atoms with Crippen molar-refractivity contribution in [2.45, 2.75) is 39.9 Å². The number of H-pyrrole nitrogens is 1. The van der Waals surface area contributed by atoms with Crippen molar-refractivity contribution in [1.82, 2.24) is 25.3 Å². The molecule has 5 heteroatoms. The van der Waals surface area contributed by atoms with Crippen LogP contribution in [0.4, 0.5) is 0 Å². The van der Waals surface area contributed by atoms with Gasteiger partial charge in [-0.05, 0) is 26.8 Å². The first-order valence-corrected chi connectivity index (χ1v) is 5.88. The van der Waals surface area contributed by atoms with E-state index in [1.165, 1.54) is 5.56 Å². The molecular formula is C12H19N5. The van der Waals surface area contributed by atoms with Gasteiger partial charge in [-0.25, -0.2) is 0 Å². The molecule has 1 unspecified atom stereocenters. The van der Waals surface area contributed by atoms with Crippen LogP contribution >= 0.6 is 0 Å². The fourth-order valence-corrected chi connectivity index (χ4v) is 1.86. The molecule has 0 aliphatic rings. The van der Waals surface area contributed by atoms with Crippen LogP contribution in [-0.4, -0.2) is 26.0 Å². The highest BCUT2D eigenvalue weighted by Crippen LogP contribution is 2.08. The van der Waals surface area contributed by atoms with Gasteiger partial charge >= 0.3 is 0 Å². The van der Waals surface area contributed by atoms with Crippen molar-refractivity contribution in [1.29, 1.82) is 0 Å². The minimum Gasteiger partial charge on any atom is -0.308 e. The molecule has 2 aromatic heterocycles. The summed E-state index contributed by atoms with van der Waals surface area (Å²) in [6.45, 7) is 7.96. The Hall–Kier alpha value is -1.62. The van der Waals surface area contributed by atoms with Crippen LogP contribution in [-0.2, 0) is 13.1 Å². The van der Waals surface area contributed by atoms with E-state index in [4.69, 9.17) is 0 Å². The lowest BCUT2D eigenvalue weighted by atomic mass is 10.2. The van der Waals surface area contributed by atoms with E-state index >= 15 is 0 Å². The van der Waals surface area contributed by atoms with Crippen LogP contribution in [0.1, 0.15) is 23.9 Å². The highest BCUT2D eigenvalue weighted by molar-refractivity contribution is 5.22. The van der Waals surface area contributed by atoms with Crippen molar-refractivity contribution < 1.29 is 0 Å². The van der Waals surface area contributed by atoms with Gasteiger partial charge in [-0.3, -0.25) is 9.78 Å². The van der Waals surface area contributed by atoms with Crippen LogP contribution < -0.4 is 5.32 Å². The van der Waals surface area contributed by atoms with Gasteiger partial charge in [-0.1, -0.05) is 0 Å². The molecule has 17 heavy (non-hydrogen) atoms. The lowest BCUT2D eigenvalue weighted by Gasteiger charge is -2.13. The molecule has 0 amide bonds. The number of hydrogen-bond donors (Lipinski definition) is 2. The summed E-state index contributed by atoms with van der Waals surface area (Å²) in [5, 5.41) is 14.9. The summed E-state index contributed by atoms with van der Waals surface area (Å²) < 4.78 is 1.94. The number of hydrogen-bond acceptors (Lipinski definition) is 3. The van der Waals surface area contributed by atoms with E-state index < -0.39 is 0 Å². The number of nitrogens with one attached hydrogen (secondary N) is 2. The Morgan fingerprint density at radius 2 is 2.29 bits per heavy atom. The zero-order valence-electron chi connectivity index (χ0n) is 10.6. The molecule has 0 saturated carbocycles. The van der Waals surface area contributed by atoms with E-state index in [0.29, 0.717) is 6.04 Å². The van der Waals surface area contributed by atoms with Gasteiger partial charge < -0.3 is 5.32 Å². The summed E-state index contributed by atoms with van der Waals surface area (Å²) in [5.41, 5.74) is 3.47. The Labute approximate surface area is 101 Å². The molecule has 2 N–H and O–H groups in total. The fraction of sp³-hybridized carbons (Fsp3) is 0.500. The highest BCUT2D eigenvalue weighted by atomic mass is 15.3. The van der Waals surface area contributed by atoms with Gasteiger partial charge in [0.2, 0.25) is 0 Å². The maximum atomic E-state index is 4.19. The molecule has 5 nitrogen and oxygen atoms in total. The van der Waals surface area contributed by atoms with Gasteiger partial charge in [-0.15, -0.1) is 0 Å². The molecule has 0 spiro atoms. The van der Waals surface area contributed by atoms with Gasteiger partial charge in [0.05, 0.1) is 12.2 Å². The van der Waals surface area contributed by atoms with E-state index in [2.05, 4.69) is 34.5 Å². The van der Waals surface area contributed by atoms with Crippen molar-refractivity contribution >= 4 is 0 Å². The van der Waals surface area contributed by atoms with Crippen LogP contribution in [0.5, 0.6) is 0 Å². The Morgan fingerprint density at radius 1 is 1.47 bits per heavy atom. The van der Waals surface area contributed by atoms with Crippen LogP contribution in [0.25, 0.3) is 0 Å². The van der Waals surface area contributed by atoms with Crippen LogP contribution in [0.2, 0.25) is 0 Å². The van der Waals surface area contributed by atoms with Gasteiger partial charge in [0.15, 0.2) is 0 Å². The van der Waals surface area contributed by atoms with Crippen LogP contribution in [0.3, 0.4) is 0 Å². The van der Waals surface area contributed by atoms with Crippen molar-refractivity contribution in [2.75, 3.05) is 0 Å². The average molecular weight is 233 g/mol. The van der Waals surface area contributed by atoms with Crippen LogP contribution in [0.15, 0.2) is 18.5 Å². The molecule has 92 valence electrons. The molecule has 2 aromatic rings. The third-order valence-electron chi connectivity index (χ3n) is 2.93. The van der Waals surface area contributed by atoms with Crippen molar-refractivity contribution in [3.8, 4) is 0 Å². The quantitative estimate of drug-likeness (QED) is 0.820. The van der Waals surface area contributed by atoms with E-state index in [9.17, 15) is 0 Å². The summed E-state index contributed by atoms with van der Waals surface area (Å²) >= 11 is 0. The van der Waals surface area contributed by atoms with E-state index in [0.717, 1.165) is 24.5 Å². The number of rotatable bonds is 5. The summed E-state index contributed by atoms with van der Waals surface area (Å²) in [5.74, 6) is 0. The van der Waals surface area contributed by atoms with Gasteiger partial charge in [0, 0.05) is 36.2 Å². The molecule has 0 fully saturated rings. The Bertz CT molecular complexity index is 438. The smallest absolute Gasteiger partial charge is 0.0638 e. The van der Waals surface area contributed by atoms with Crippen molar-refractivity contribution in [3.63, 3.8) is 0 Å². The van der Waals surface area contributed by atoms with Gasteiger partial charge in [0.25, 0.3) is 0 Å². The number of aromatic nitrogens is 4. The SMILES string of the molecule is Cc1n[nH]c(C)c1CNC(C)Cn1cccn1. The maximum absolute atomic E-state index is 4.19. The van der Waals surface area contributed by atoms with E-state index in [1.54, 1.807) is 6.20 Å². The number of aromatic amines is 1. The summed E-state index contributed by atoms with van der Waals surface area (Å²) in [6, 6.07) is 2.32. The predicted octanol–water partition coefficient (Wildman–Crippen LogP) is 1.40. The molecule has 0 radical (unpaired) electrons. The lowest BCUT2D eigenvalue weighted by molar-refractivity contribution is 0.450.